The van der Waals surface area contributed by atoms with Gasteiger partial charge in [0.15, 0.2) is 0 Å². The summed E-state index contributed by atoms with van der Waals surface area (Å²) in [4.78, 5) is 15.9. The van der Waals surface area contributed by atoms with Crippen LogP contribution in [-0.4, -0.2) is 43.4 Å². The van der Waals surface area contributed by atoms with E-state index in [4.69, 9.17) is 4.74 Å². The molecule has 1 heterocycles. The molecule has 5 nitrogen and oxygen atoms in total. The summed E-state index contributed by atoms with van der Waals surface area (Å²) in [5.74, 6) is -0.0101. The lowest BCUT2D eigenvalue weighted by Crippen LogP contribution is -2.41. The van der Waals surface area contributed by atoms with E-state index in [0.29, 0.717) is 19.7 Å². The first-order valence-electron chi connectivity index (χ1n) is 8.58. The maximum absolute atomic E-state index is 12.0. The van der Waals surface area contributed by atoms with E-state index in [1.54, 1.807) is 11.8 Å². The SMILES string of the molecule is CC(O)CN(Cc1ccccc1)c1ccc(N2CCOCC2=O)cc1. The van der Waals surface area contributed by atoms with Crippen LogP contribution in [0.1, 0.15) is 12.5 Å². The monoisotopic (exact) mass is 340 g/mol. The molecule has 0 saturated carbocycles. The van der Waals surface area contributed by atoms with Gasteiger partial charge in [0.05, 0.1) is 12.7 Å². The summed E-state index contributed by atoms with van der Waals surface area (Å²) in [6.45, 7) is 4.35. The molecule has 1 fully saturated rings. The van der Waals surface area contributed by atoms with Crippen LogP contribution < -0.4 is 9.80 Å². The van der Waals surface area contributed by atoms with Gasteiger partial charge in [-0.15, -0.1) is 0 Å². The fraction of sp³-hybridized carbons (Fsp3) is 0.350. The van der Waals surface area contributed by atoms with E-state index < -0.39 is 6.10 Å². The van der Waals surface area contributed by atoms with Gasteiger partial charge in [-0.2, -0.15) is 0 Å². The minimum Gasteiger partial charge on any atom is -0.392 e. The number of ether oxygens (including phenoxy) is 1. The summed E-state index contributed by atoms with van der Waals surface area (Å²) in [5, 5.41) is 9.85. The minimum atomic E-state index is -0.427. The van der Waals surface area contributed by atoms with E-state index in [0.717, 1.165) is 17.9 Å². The zero-order valence-corrected chi connectivity index (χ0v) is 14.5. The molecule has 1 amide bonds. The second kappa shape index (κ2) is 8.14. The Morgan fingerprint density at radius 1 is 1.16 bits per heavy atom. The van der Waals surface area contributed by atoms with Gasteiger partial charge in [0.25, 0.3) is 5.91 Å². The smallest absolute Gasteiger partial charge is 0.253 e. The normalized spacial score (nSPS) is 15.9. The van der Waals surface area contributed by atoms with E-state index >= 15 is 0 Å². The summed E-state index contributed by atoms with van der Waals surface area (Å²) in [6, 6.07) is 18.1. The molecule has 2 aromatic rings. The molecular weight excluding hydrogens is 316 g/mol. The Labute approximate surface area is 148 Å². The van der Waals surface area contributed by atoms with Crippen molar-refractivity contribution in [1.82, 2.24) is 0 Å². The van der Waals surface area contributed by atoms with Gasteiger partial charge in [0, 0.05) is 31.0 Å². The van der Waals surface area contributed by atoms with Gasteiger partial charge in [-0.05, 0) is 36.8 Å². The molecule has 0 bridgehead atoms. The molecule has 5 heteroatoms. The second-order valence-corrected chi connectivity index (χ2v) is 6.33. The van der Waals surface area contributed by atoms with Crippen LogP contribution in [0, 0.1) is 0 Å². The molecule has 132 valence electrons. The lowest BCUT2D eigenvalue weighted by molar-refractivity contribution is -0.125. The van der Waals surface area contributed by atoms with Gasteiger partial charge < -0.3 is 19.6 Å². The predicted molar refractivity (Wildman–Crippen MR) is 98.8 cm³/mol. The first-order valence-corrected chi connectivity index (χ1v) is 8.58. The maximum atomic E-state index is 12.0. The Morgan fingerprint density at radius 2 is 1.88 bits per heavy atom. The van der Waals surface area contributed by atoms with E-state index in [9.17, 15) is 9.90 Å². The molecule has 1 unspecified atom stereocenters. The molecule has 1 N–H and O–H groups in total. The number of aliphatic hydroxyl groups excluding tert-OH is 1. The molecule has 1 aliphatic rings. The van der Waals surface area contributed by atoms with Gasteiger partial charge in [0.1, 0.15) is 6.61 Å². The van der Waals surface area contributed by atoms with Crippen LogP contribution >= 0.6 is 0 Å². The Hall–Kier alpha value is -2.37. The van der Waals surface area contributed by atoms with Crippen molar-refractivity contribution in [2.24, 2.45) is 0 Å². The molecule has 0 radical (unpaired) electrons. The topological polar surface area (TPSA) is 53.0 Å². The number of anilines is 2. The summed E-state index contributed by atoms with van der Waals surface area (Å²) in [6.07, 6.45) is -0.427. The molecule has 25 heavy (non-hydrogen) atoms. The Kier molecular flexibility index (Phi) is 5.68. The summed E-state index contributed by atoms with van der Waals surface area (Å²) in [7, 11) is 0. The lowest BCUT2D eigenvalue weighted by atomic mass is 10.1. The van der Waals surface area contributed by atoms with E-state index in [-0.39, 0.29) is 12.5 Å². The van der Waals surface area contributed by atoms with Crippen molar-refractivity contribution in [1.29, 1.82) is 0 Å². The third kappa shape index (κ3) is 4.59. The molecule has 1 aliphatic heterocycles. The third-order valence-electron chi connectivity index (χ3n) is 4.21. The number of morpholine rings is 1. The van der Waals surface area contributed by atoms with Gasteiger partial charge >= 0.3 is 0 Å². The van der Waals surface area contributed by atoms with Crippen LogP contribution in [0.5, 0.6) is 0 Å². The highest BCUT2D eigenvalue weighted by atomic mass is 16.5. The van der Waals surface area contributed by atoms with Gasteiger partial charge in [-0.1, -0.05) is 30.3 Å². The molecule has 0 aliphatic carbocycles. The molecule has 0 spiro atoms. The highest BCUT2D eigenvalue weighted by molar-refractivity contribution is 5.95. The maximum Gasteiger partial charge on any atom is 0.253 e. The number of amides is 1. The number of carbonyl (C=O) groups excluding carboxylic acids is 1. The van der Waals surface area contributed by atoms with Crippen molar-refractivity contribution in [2.75, 3.05) is 36.1 Å². The third-order valence-corrected chi connectivity index (χ3v) is 4.21. The largest absolute Gasteiger partial charge is 0.392 e. The Bertz CT molecular complexity index is 686. The molecule has 3 rings (SSSR count). The van der Waals surface area contributed by atoms with Crippen molar-refractivity contribution in [3.8, 4) is 0 Å². The van der Waals surface area contributed by atoms with E-state index in [1.165, 1.54) is 5.56 Å². The Morgan fingerprint density at radius 3 is 2.52 bits per heavy atom. The molecule has 0 aromatic heterocycles. The molecular formula is C20H24N2O3. The van der Waals surface area contributed by atoms with Gasteiger partial charge in [-0.25, -0.2) is 0 Å². The number of benzene rings is 2. The standard InChI is InChI=1S/C20H24N2O3/c1-16(23)13-21(14-17-5-3-2-4-6-17)18-7-9-19(10-8-18)22-11-12-25-15-20(22)24/h2-10,16,23H,11-15H2,1H3. The number of hydrogen-bond acceptors (Lipinski definition) is 4. The van der Waals surface area contributed by atoms with Crippen LogP contribution in [0.4, 0.5) is 11.4 Å². The molecule has 1 saturated heterocycles. The van der Waals surface area contributed by atoms with Gasteiger partial charge in [0.2, 0.25) is 0 Å². The summed E-state index contributed by atoms with van der Waals surface area (Å²) < 4.78 is 5.18. The first kappa shape index (κ1) is 17.5. The second-order valence-electron chi connectivity index (χ2n) is 6.33. The van der Waals surface area contributed by atoms with Crippen LogP contribution in [0.25, 0.3) is 0 Å². The zero-order chi connectivity index (χ0) is 17.6. The molecule has 2 aromatic carbocycles. The van der Waals surface area contributed by atoms with Crippen LogP contribution in [-0.2, 0) is 16.1 Å². The summed E-state index contributed by atoms with van der Waals surface area (Å²) in [5.41, 5.74) is 3.10. The Balaban J connectivity index is 1.77. The average Bonchev–Trinajstić information content (AvgIpc) is 2.62. The van der Waals surface area contributed by atoms with Gasteiger partial charge in [-0.3, -0.25) is 4.79 Å². The fourth-order valence-electron chi connectivity index (χ4n) is 3.02. The zero-order valence-electron chi connectivity index (χ0n) is 14.5. The average molecular weight is 340 g/mol. The number of carbonyl (C=O) groups is 1. The van der Waals surface area contributed by atoms with Crippen molar-refractivity contribution >= 4 is 17.3 Å². The van der Waals surface area contributed by atoms with Crippen molar-refractivity contribution in [3.63, 3.8) is 0 Å². The van der Waals surface area contributed by atoms with Crippen LogP contribution in [0.2, 0.25) is 0 Å². The van der Waals surface area contributed by atoms with Crippen molar-refractivity contribution < 1.29 is 14.6 Å². The van der Waals surface area contributed by atoms with Crippen LogP contribution in [0.3, 0.4) is 0 Å². The van der Waals surface area contributed by atoms with E-state index in [2.05, 4.69) is 17.0 Å². The quantitative estimate of drug-likeness (QED) is 0.878. The van der Waals surface area contributed by atoms with Crippen molar-refractivity contribution in [3.05, 3.63) is 60.2 Å². The van der Waals surface area contributed by atoms with Crippen LogP contribution in [0.15, 0.2) is 54.6 Å². The molecule has 1 atom stereocenters. The van der Waals surface area contributed by atoms with Crippen molar-refractivity contribution in [2.45, 2.75) is 19.6 Å². The lowest BCUT2D eigenvalue weighted by Gasteiger charge is -2.29. The highest BCUT2D eigenvalue weighted by Gasteiger charge is 2.20. The number of hydrogen-bond donors (Lipinski definition) is 1. The minimum absolute atomic E-state index is 0.0101. The fourth-order valence-corrected chi connectivity index (χ4v) is 3.02. The summed E-state index contributed by atoms with van der Waals surface area (Å²) >= 11 is 0. The number of aliphatic hydroxyl groups is 1. The number of nitrogens with zero attached hydrogens (tertiary/aromatic N) is 2. The predicted octanol–water partition coefficient (Wildman–Crippen LogP) is 2.44. The number of rotatable bonds is 6. The highest BCUT2D eigenvalue weighted by Crippen LogP contribution is 2.23. The van der Waals surface area contributed by atoms with E-state index in [1.807, 2.05) is 42.5 Å². The first-order chi connectivity index (χ1) is 12.1.